The summed E-state index contributed by atoms with van der Waals surface area (Å²) in [6, 6.07) is 27.7. The number of aromatic nitrogens is 8. The SMILES string of the molecule is c1ccc2nc(-c3ccc4nncc(-c5nncc6ccccc56)c4c3-c3cnc4ccccc4n3)ncc2c1. The van der Waals surface area contributed by atoms with E-state index in [-0.39, 0.29) is 0 Å². The van der Waals surface area contributed by atoms with Gasteiger partial charge in [-0.1, -0.05) is 54.6 Å². The third-order valence-corrected chi connectivity index (χ3v) is 7.07. The molecule has 0 radical (unpaired) electrons. The maximum atomic E-state index is 5.04. The summed E-state index contributed by atoms with van der Waals surface area (Å²) in [5.41, 5.74) is 6.96. The largest absolute Gasteiger partial charge is 0.252 e. The van der Waals surface area contributed by atoms with Crippen molar-refractivity contribution in [3.63, 3.8) is 0 Å². The van der Waals surface area contributed by atoms with Crippen LogP contribution < -0.4 is 0 Å². The molecule has 0 saturated carbocycles. The Morgan fingerprint density at radius 3 is 2.17 bits per heavy atom. The summed E-state index contributed by atoms with van der Waals surface area (Å²) in [7, 11) is 0. The van der Waals surface area contributed by atoms with Crippen LogP contribution in [-0.2, 0) is 0 Å². The second-order valence-corrected chi connectivity index (χ2v) is 9.42. The highest BCUT2D eigenvalue weighted by molar-refractivity contribution is 6.11. The van der Waals surface area contributed by atoms with Gasteiger partial charge in [-0.2, -0.15) is 15.3 Å². The molecule has 0 saturated heterocycles. The van der Waals surface area contributed by atoms with E-state index in [1.54, 1.807) is 18.6 Å². The number of hydrogen-bond donors (Lipinski definition) is 0. The van der Waals surface area contributed by atoms with Gasteiger partial charge in [-0.25, -0.2) is 15.0 Å². The molecule has 186 valence electrons. The van der Waals surface area contributed by atoms with Crippen molar-refractivity contribution < 1.29 is 0 Å². The molecule has 4 aromatic heterocycles. The monoisotopic (exact) mass is 514 g/mol. The molecule has 0 amide bonds. The highest BCUT2D eigenvalue weighted by atomic mass is 15.1. The van der Waals surface area contributed by atoms with E-state index in [1.165, 1.54) is 0 Å². The highest BCUT2D eigenvalue weighted by Gasteiger charge is 2.22. The molecular weight excluding hydrogens is 496 g/mol. The molecular formula is C32H18N8. The molecule has 4 heterocycles. The van der Waals surface area contributed by atoms with Crippen molar-refractivity contribution in [2.24, 2.45) is 0 Å². The number of fused-ring (bicyclic) bond motifs is 4. The Labute approximate surface area is 227 Å². The third-order valence-electron chi connectivity index (χ3n) is 7.07. The van der Waals surface area contributed by atoms with Crippen molar-refractivity contribution >= 4 is 43.6 Å². The fourth-order valence-corrected chi connectivity index (χ4v) is 5.20. The molecule has 0 unspecified atom stereocenters. The van der Waals surface area contributed by atoms with E-state index in [4.69, 9.17) is 19.9 Å². The lowest BCUT2D eigenvalue weighted by atomic mass is 9.93. The van der Waals surface area contributed by atoms with Crippen molar-refractivity contribution in [1.29, 1.82) is 0 Å². The van der Waals surface area contributed by atoms with E-state index >= 15 is 0 Å². The van der Waals surface area contributed by atoms with Crippen molar-refractivity contribution in [1.82, 2.24) is 40.3 Å². The maximum Gasteiger partial charge on any atom is 0.160 e. The second-order valence-electron chi connectivity index (χ2n) is 9.42. The molecule has 8 heteroatoms. The zero-order valence-corrected chi connectivity index (χ0v) is 21.0. The third kappa shape index (κ3) is 3.54. The molecule has 8 nitrogen and oxygen atoms in total. The fraction of sp³-hybridized carbons (Fsp3) is 0. The van der Waals surface area contributed by atoms with Gasteiger partial charge in [0.15, 0.2) is 5.82 Å². The molecule has 8 aromatic rings. The van der Waals surface area contributed by atoms with Crippen molar-refractivity contribution in [3.05, 3.63) is 110 Å². The Kier molecular flexibility index (Phi) is 4.96. The number of para-hydroxylation sites is 3. The molecule has 0 atom stereocenters. The van der Waals surface area contributed by atoms with Gasteiger partial charge in [-0.15, -0.1) is 5.10 Å². The standard InChI is InChI=1S/C32H18N8/c1-3-9-21-19(7-1)16-35-40-31(21)23-17-36-39-27-14-13-22(32-34-15-20-8-2-4-10-24(20)38-32)29(30(23)27)28-18-33-25-11-5-6-12-26(25)37-28/h1-18H. The zero-order valence-electron chi connectivity index (χ0n) is 21.0. The van der Waals surface area contributed by atoms with Gasteiger partial charge in [-0.05, 0) is 30.3 Å². The summed E-state index contributed by atoms with van der Waals surface area (Å²) in [6.07, 6.45) is 7.14. The molecule has 0 aliphatic carbocycles. The van der Waals surface area contributed by atoms with Gasteiger partial charge in [0.1, 0.15) is 5.69 Å². The van der Waals surface area contributed by atoms with Gasteiger partial charge >= 0.3 is 0 Å². The van der Waals surface area contributed by atoms with E-state index in [9.17, 15) is 0 Å². The Balaban J connectivity index is 1.51. The lowest BCUT2D eigenvalue weighted by Gasteiger charge is -2.15. The van der Waals surface area contributed by atoms with Crippen LogP contribution in [-0.4, -0.2) is 40.3 Å². The maximum absolute atomic E-state index is 5.04. The fourth-order valence-electron chi connectivity index (χ4n) is 5.20. The lowest BCUT2D eigenvalue weighted by molar-refractivity contribution is 1.04. The van der Waals surface area contributed by atoms with Crippen LogP contribution in [0.1, 0.15) is 0 Å². The molecule has 0 bridgehead atoms. The average molecular weight is 515 g/mol. The van der Waals surface area contributed by atoms with Gasteiger partial charge < -0.3 is 0 Å². The van der Waals surface area contributed by atoms with Gasteiger partial charge in [0.05, 0.1) is 46.4 Å². The number of hydrogen-bond acceptors (Lipinski definition) is 8. The Hall–Kier alpha value is -5.76. The normalized spacial score (nSPS) is 11.5. The molecule has 0 aliphatic heterocycles. The zero-order chi connectivity index (χ0) is 26.5. The van der Waals surface area contributed by atoms with E-state index in [2.05, 4.69) is 20.4 Å². The van der Waals surface area contributed by atoms with E-state index in [0.717, 1.165) is 54.8 Å². The lowest BCUT2D eigenvalue weighted by Crippen LogP contribution is -2.00. The van der Waals surface area contributed by atoms with Crippen LogP contribution in [0.5, 0.6) is 0 Å². The van der Waals surface area contributed by atoms with Crippen LogP contribution in [0.4, 0.5) is 0 Å². The van der Waals surface area contributed by atoms with Gasteiger partial charge in [0.2, 0.25) is 0 Å². The van der Waals surface area contributed by atoms with E-state index in [1.807, 2.05) is 91.1 Å². The Morgan fingerprint density at radius 2 is 1.25 bits per heavy atom. The van der Waals surface area contributed by atoms with Crippen LogP contribution in [0.25, 0.3) is 77.5 Å². The number of benzene rings is 4. The minimum atomic E-state index is 0.581. The topological polar surface area (TPSA) is 103 Å². The molecule has 0 aliphatic rings. The predicted molar refractivity (Wildman–Crippen MR) is 155 cm³/mol. The second kappa shape index (κ2) is 8.92. The van der Waals surface area contributed by atoms with Crippen LogP contribution in [0, 0.1) is 0 Å². The van der Waals surface area contributed by atoms with Crippen molar-refractivity contribution in [3.8, 4) is 33.9 Å². The quantitative estimate of drug-likeness (QED) is 0.265. The first-order valence-corrected chi connectivity index (χ1v) is 12.8. The summed E-state index contributed by atoms with van der Waals surface area (Å²) in [5, 5.41) is 21.5. The summed E-state index contributed by atoms with van der Waals surface area (Å²) < 4.78 is 0. The summed E-state index contributed by atoms with van der Waals surface area (Å²) in [6.45, 7) is 0. The molecule has 0 N–H and O–H groups in total. The first-order chi connectivity index (χ1) is 19.8. The van der Waals surface area contributed by atoms with Gasteiger partial charge in [-0.3, -0.25) is 4.98 Å². The minimum absolute atomic E-state index is 0.581. The van der Waals surface area contributed by atoms with E-state index < -0.39 is 0 Å². The molecule has 4 aromatic carbocycles. The molecule has 0 fully saturated rings. The van der Waals surface area contributed by atoms with Gasteiger partial charge in [0.25, 0.3) is 0 Å². The van der Waals surface area contributed by atoms with Crippen LogP contribution in [0.15, 0.2) is 110 Å². The summed E-state index contributed by atoms with van der Waals surface area (Å²) in [4.78, 5) is 19.5. The molecule has 8 rings (SSSR count). The van der Waals surface area contributed by atoms with Crippen LogP contribution in [0.2, 0.25) is 0 Å². The van der Waals surface area contributed by atoms with Crippen LogP contribution in [0.3, 0.4) is 0 Å². The minimum Gasteiger partial charge on any atom is -0.252 e. The first kappa shape index (κ1) is 22.2. The smallest absolute Gasteiger partial charge is 0.160 e. The predicted octanol–water partition coefficient (Wildman–Crippen LogP) is 6.46. The van der Waals surface area contributed by atoms with Crippen LogP contribution >= 0.6 is 0 Å². The highest BCUT2D eigenvalue weighted by Crippen LogP contribution is 2.41. The van der Waals surface area contributed by atoms with Crippen molar-refractivity contribution in [2.75, 3.05) is 0 Å². The molecule has 0 spiro atoms. The van der Waals surface area contributed by atoms with E-state index in [0.29, 0.717) is 22.7 Å². The van der Waals surface area contributed by atoms with Gasteiger partial charge in [0, 0.05) is 44.4 Å². The Bertz CT molecular complexity index is 2240. The number of nitrogens with zero attached hydrogens (tertiary/aromatic N) is 8. The average Bonchev–Trinajstić information content (AvgIpc) is 3.03. The first-order valence-electron chi connectivity index (χ1n) is 12.8. The Morgan fingerprint density at radius 1 is 0.475 bits per heavy atom. The summed E-state index contributed by atoms with van der Waals surface area (Å²) in [5.74, 6) is 0.581. The van der Waals surface area contributed by atoms with Crippen molar-refractivity contribution in [2.45, 2.75) is 0 Å². The summed E-state index contributed by atoms with van der Waals surface area (Å²) >= 11 is 0. The molecule has 40 heavy (non-hydrogen) atoms. The number of rotatable bonds is 3.